The molecule has 0 fully saturated rings. The van der Waals surface area contributed by atoms with Crippen molar-refractivity contribution in [1.82, 2.24) is 14.8 Å². The van der Waals surface area contributed by atoms with Gasteiger partial charge in [-0.25, -0.2) is 0 Å². The van der Waals surface area contributed by atoms with Crippen LogP contribution in [0.15, 0.2) is 72.8 Å². The van der Waals surface area contributed by atoms with E-state index in [-0.39, 0.29) is 11.2 Å². The van der Waals surface area contributed by atoms with Gasteiger partial charge in [0.15, 0.2) is 11.6 Å². The number of phenols is 1. The zero-order valence-electron chi connectivity index (χ0n) is 17.2. The van der Waals surface area contributed by atoms with Crippen LogP contribution < -0.4 is 0 Å². The lowest BCUT2D eigenvalue weighted by Gasteiger charge is -2.19. The first kappa shape index (κ1) is 18.9. The zero-order chi connectivity index (χ0) is 20.6. The van der Waals surface area contributed by atoms with E-state index in [2.05, 4.69) is 86.4 Å². The molecule has 0 radical (unpaired) electrons. The van der Waals surface area contributed by atoms with Crippen LogP contribution in [-0.4, -0.2) is 19.9 Å². The molecule has 4 heteroatoms. The number of phenolic OH excluding ortho intramolecular Hbond substituents is 1. The Morgan fingerprint density at radius 2 is 1.38 bits per heavy atom. The molecule has 4 nitrogen and oxygen atoms in total. The van der Waals surface area contributed by atoms with Gasteiger partial charge < -0.3 is 5.11 Å². The second-order valence-electron chi connectivity index (χ2n) is 8.36. The number of nitrogens with zero attached hydrogens (tertiary/aromatic N) is 3. The van der Waals surface area contributed by atoms with E-state index >= 15 is 0 Å². The number of aryl methyl sites for hydroxylation is 1. The summed E-state index contributed by atoms with van der Waals surface area (Å²) in [7, 11) is 0. The quantitative estimate of drug-likeness (QED) is 0.478. The van der Waals surface area contributed by atoms with Crippen molar-refractivity contribution < 1.29 is 5.11 Å². The average molecular weight is 383 g/mol. The molecule has 0 saturated heterocycles. The molecule has 1 aromatic heterocycles. The number of benzene rings is 3. The zero-order valence-corrected chi connectivity index (χ0v) is 17.2. The maximum absolute atomic E-state index is 10.4. The van der Waals surface area contributed by atoms with Crippen LogP contribution in [0.3, 0.4) is 0 Å². The highest BCUT2D eigenvalue weighted by atomic mass is 16.3. The molecule has 0 unspecified atom stereocenters. The number of hydrogen-bond acceptors (Lipinski definition) is 3. The van der Waals surface area contributed by atoms with E-state index in [4.69, 9.17) is 0 Å². The Hall–Kier alpha value is -3.40. The Kier molecular flexibility index (Phi) is 4.71. The highest BCUT2D eigenvalue weighted by Crippen LogP contribution is 2.33. The predicted octanol–water partition coefficient (Wildman–Crippen LogP) is 5.91. The minimum absolute atomic E-state index is 0.0874. The predicted molar refractivity (Wildman–Crippen MR) is 117 cm³/mol. The van der Waals surface area contributed by atoms with Gasteiger partial charge in [0.1, 0.15) is 5.75 Å². The Balaban J connectivity index is 1.91. The minimum Gasteiger partial charge on any atom is -0.507 e. The lowest BCUT2D eigenvalue weighted by atomic mass is 9.86. The third-order valence-corrected chi connectivity index (χ3v) is 5.11. The van der Waals surface area contributed by atoms with Gasteiger partial charge in [-0.05, 0) is 42.2 Å². The topological polar surface area (TPSA) is 50.9 Å². The van der Waals surface area contributed by atoms with Gasteiger partial charge in [-0.15, -0.1) is 10.2 Å². The summed E-state index contributed by atoms with van der Waals surface area (Å²) < 4.78 is 2.00. The van der Waals surface area contributed by atoms with Crippen molar-refractivity contribution in [3.8, 4) is 34.2 Å². The van der Waals surface area contributed by atoms with Crippen LogP contribution in [0.25, 0.3) is 28.5 Å². The molecular formula is C25H25N3O. The van der Waals surface area contributed by atoms with Gasteiger partial charge in [0.25, 0.3) is 0 Å². The smallest absolute Gasteiger partial charge is 0.172 e. The molecule has 29 heavy (non-hydrogen) atoms. The molecule has 0 amide bonds. The van der Waals surface area contributed by atoms with Gasteiger partial charge in [-0.3, -0.25) is 4.57 Å². The molecule has 0 aliphatic carbocycles. The van der Waals surface area contributed by atoms with Crippen molar-refractivity contribution in [2.45, 2.75) is 33.1 Å². The van der Waals surface area contributed by atoms with Crippen LogP contribution in [0.1, 0.15) is 31.9 Å². The summed E-state index contributed by atoms with van der Waals surface area (Å²) in [6.07, 6.45) is 0. The summed E-state index contributed by atoms with van der Waals surface area (Å²) >= 11 is 0. The highest BCUT2D eigenvalue weighted by molar-refractivity contribution is 5.70. The molecule has 0 aliphatic rings. The summed E-state index contributed by atoms with van der Waals surface area (Å²) in [6, 6.07) is 23.9. The Labute approximate surface area is 171 Å². The largest absolute Gasteiger partial charge is 0.507 e. The lowest BCUT2D eigenvalue weighted by Crippen LogP contribution is -2.10. The van der Waals surface area contributed by atoms with Gasteiger partial charge >= 0.3 is 0 Å². The van der Waals surface area contributed by atoms with Crippen molar-refractivity contribution >= 4 is 0 Å². The third kappa shape index (κ3) is 3.66. The molecule has 0 atom stereocenters. The molecular weight excluding hydrogens is 358 g/mol. The van der Waals surface area contributed by atoms with Crippen molar-refractivity contribution in [2.24, 2.45) is 0 Å². The van der Waals surface area contributed by atoms with E-state index in [1.54, 1.807) is 12.1 Å². The molecule has 0 spiro atoms. The molecule has 1 heterocycles. The van der Waals surface area contributed by atoms with Gasteiger partial charge in [0.2, 0.25) is 0 Å². The molecule has 3 aromatic carbocycles. The van der Waals surface area contributed by atoms with Crippen LogP contribution in [0, 0.1) is 6.92 Å². The van der Waals surface area contributed by atoms with Gasteiger partial charge in [-0.1, -0.05) is 74.9 Å². The third-order valence-electron chi connectivity index (χ3n) is 5.11. The fourth-order valence-corrected chi connectivity index (χ4v) is 3.37. The average Bonchev–Trinajstić information content (AvgIpc) is 3.13. The number of hydrogen-bond donors (Lipinski definition) is 1. The monoisotopic (exact) mass is 383 g/mol. The molecule has 0 saturated carbocycles. The maximum Gasteiger partial charge on any atom is 0.172 e. The van der Waals surface area contributed by atoms with E-state index in [0.717, 1.165) is 17.1 Å². The minimum atomic E-state index is 0.0874. The molecule has 4 rings (SSSR count). The van der Waals surface area contributed by atoms with E-state index < -0.39 is 0 Å². The first-order valence-electron chi connectivity index (χ1n) is 9.76. The summed E-state index contributed by atoms with van der Waals surface area (Å²) in [6.45, 7) is 8.67. The van der Waals surface area contributed by atoms with Crippen LogP contribution >= 0.6 is 0 Å². The number of aromatic hydroxyl groups is 1. The number of rotatable bonds is 3. The van der Waals surface area contributed by atoms with E-state index in [1.807, 2.05) is 16.7 Å². The van der Waals surface area contributed by atoms with Gasteiger partial charge in [0.05, 0.1) is 5.56 Å². The van der Waals surface area contributed by atoms with Gasteiger partial charge in [-0.2, -0.15) is 0 Å². The molecule has 0 bridgehead atoms. The summed E-state index contributed by atoms with van der Waals surface area (Å²) in [5.74, 6) is 1.54. The fraction of sp³-hybridized carbons (Fsp3) is 0.200. The van der Waals surface area contributed by atoms with Crippen molar-refractivity contribution in [3.63, 3.8) is 0 Å². The van der Waals surface area contributed by atoms with Gasteiger partial charge in [0, 0.05) is 11.3 Å². The fourth-order valence-electron chi connectivity index (χ4n) is 3.37. The first-order chi connectivity index (χ1) is 13.8. The maximum atomic E-state index is 10.4. The molecule has 146 valence electrons. The second kappa shape index (κ2) is 7.21. The Morgan fingerprint density at radius 1 is 0.759 bits per heavy atom. The van der Waals surface area contributed by atoms with Crippen molar-refractivity contribution in [2.75, 3.05) is 0 Å². The van der Waals surface area contributed by atoms with E-state index in [1.165, 1.54) is 11.1 Å². The molecule has 1 N–H and O–H groups in total. The SMILES string of the molecule is Cc1ccc(-n2c(-c3ccc(C(C)(C)C)cc3)nnc2-c2ccccc2O)cc1. The van der Waals surface area contributed by atoms with Crippen LogP contribution in [-0.2, 0) is 5.41 Å². The highest BCUT2D eigenvalue weighted by Gasteiger charge is 2.20. The summed E-state index contributed by atoms with van der Waals surface area (Å²) in [5, 5.41) is 19.3. The van der Waals surface area contributed by atoms with Crippen molar-refractivity contribution in [3.05, 3.63) is 83.9 Å². The van der Waals surface area contributed by atoms with E-state index in [9.17, 15) is 5.11 Å². The van der Waals surface area contributed by atoms with Crippen LogP contribution in [0.4, 0.5) is 0 Å². The second-order valence-corrected chi connectivity index (χ2v) is 8.36. The number of aromatic nitrogens is 3. The normalized spacial score (nSPS) is 11.6. The standard InChI is InChI=1S/C25H25N3O/c1-17-9-15-20(16-10-17)28-23(18-11-13-19(14-12-18)25(2,3)4)26-27-24(28)21-7-5-6-8-22(21)29/h5-16,29H,1-4H3. The van der Waals surface area contributed by atoms with Crippen molar-refractivity contribution in [1.29, 1.82) is 0 Å². The van der Waals surface area contributed by atoms with E-state index in [0.29, 0.717) is 11.4 Å². The summed E-state index contributed by atoms with van der Waals surface area (Å²) in [5.41, 5.74) is 5.12. The Bertz CT molecular complexity index is 1130. The van der Waals surface area contributed by atoms with Crippen LogP contribution in [0.2, 0.25) is 0 Å². The lowest BCUT2D eigenvalue weighted by molar-refractivity contribution is 0.476. The van der Waals surface area contributed by atoms with Crippen LogP contribution in [0.5, 0.6) is 5.75 Å². The molecule has 0 aliphatic heterocycles. The Morgan fingerprint density at radius 3 is 2.00 bits per heavy atom. The number of para-hydroxylation sites is 1. The summed E-state index contributed by atoms with van der Waals surface area (Å²) in [4.78, 5) is 0. The molecule has 4 aromatic rings. The first-order valence-corrected chi connectivity index (χ1v) is 9.76.